The minimum absolute atomic E-state index is 0.115. The first-order chi connectivity index (χ1) is 11.6. The van der Waals surface area contributed by atoms with Gasteiger partial charge in [0.2, 0.25) is 0 Å². The van der Waals surface area contributed by atoms with Gasteiger partial charge in [-0.2, -0.15) is 0 Å². The molecule has 0 amide bonds. The van der Waals surface area contributed by atoms with E-state index >= 15 is 0 Å². The Morgan fingerprint density at radius 3 is 2.71 bits per heavy atom. The van der Waals surface area contributed by atoms with Gasteiger partial charge in [0.1, 0.15) is 12.4 Å². The monoisotopic (exact) mass is 329 g/mol. The number of aliphatic hydroxyl groups excluding tert-OH is 1. The molecule has 0 saturated carbocycles. The maximum atomic E-state index is 14.4. The molecule has 0 bridgehead atoms. The van der Waals surface area contributed by atoms with E-state index in [9.17, 15) is 9.18 Å². The number of hydrogen-bond donors (Lipinski definition) is 1. The van der Waals surface area contributed by atoms with E-state index in [1.54, 1.807) is 18.3 Å². The molecule has 0 saturated heterocycles. The van der Waals surface area contributed by atoms with Crippen molar-refractivity contribution < 1.29 is 14.2 Å². The van der Waals surface area contributed by atoms with Crippen molar-refractivity contribution in [2.24, 2.45) is 0 Å². The van der Waals surface area contributed by atoms with Crippen LogP contribution in [0.25, 0.3) is 22.2 Å². The average molecular weight is 329 g/mol. The number of benzene rings is 1. The minimum atomic E-state index is -0.558. The number of rotatable bonds is 5. The van der Waals surface area contributed by atoms with Crippen molar-refractivity contribution >= 4 is 10.8 Å². The molecule has 1 aromatic carbocycles. The van der Waals surface area contributed by atoms with E-state index in [2.05, 4.69) is 9.97 Å². The van der Waals surface area contributed by atoms with Crippen molar-refractivity contribution in [1.82, 2.24) is 14.5 Å². The molecule has 2 heterocycles. The van der Waals surface area contributed by atoms with E-state index in [0.29, 0.717) is 23.1 Å². The van der Waals surface area contributed by atoms with Crippen LogP contribution in [0, 0.1) is 5.82 Å². The van der Waals surface area contributed by atoms with Gasteiger partial charge in [-0.3, -0.25) is 4.79 Å². The highest BCUT2D eigenvalue weighted by atomic mass is 19.1. The summed E-state index contributed by atoms with van der Waals surface area (Å²) in [6.07, 6.45) is 4.51. The molecule has 0 aliphatic rings. The first kappa shape index (κ1) is 16.1. The lowest BCUT2D eigenvalue weighted by molar-refractivity contribution is 0.200. The molecule has 124 valence electrons. The molecule has 7 heteroatoms. The Morgan fingerprint density at radius 1 is 1.29 bits per heavy atom. The van der Waals surface area contributed by atoms with Crippen molar-refractivity contribution in [3.8, 4) is 17.1 Å². The van der Waals surface area contributed by atoms with Gasteiger partial charge in [0.05, 0.1) is 30.0 Å². The number of aryl methyl sites for hydroxylation is 1. The standard InChI is InChI=1S/C17H16FN3O3/c1-2-21-4-3-11-7-14(15(18)8-13(11)17(21)23)16-19-9-12(10-20-16)24-6-5-22/h3-4,7-10,22H,2,5-6H2,1H3. The van der Waals surface area contributed by atoms with Gasteiger partial charge in [0.25, 0.3) is 5.56 Å². The van der Waals surface area contributed by atoms with Crippen molar-refractivity contribution in [3.63, 3.8) is 0 Å². The van der Waals surface area contributed by atoms with Crippen molar-refractivity contribution in [3.05, 3.63) is 53.0 Å². The third-order valence-electron chi connectivity index (χ3n) is 3.63. The van der Waals surface area contributed by atoms with Crippen LogP contribution in [0.3, 0.4) is 0 Å². The fourth-order valence-electron chi connectivity index (χ4n) is 2.42. The zero-order valence-electron chi connectivity index (χ0n) is 13.1. The summed E-state index contributed by atoms with van der Waals surface area (Å²) in [6, 6.07) is 4.55. The summed E-state index contributed by atoms with van der Waals surface area (Å²) in [6.45, 7) is 2.40. The number of nitrogens with zero attached hydrogens (tertiary/aromatic N) is 3. The Morgan fingerprint density at radius 2 is 2.04 bits per heavy atom. The van der Waals surface area contributed by atoms with Crippen LogP contribution in [-0.4, -0.2) is 32.9 Å². The van der Waals surface area contributed by atoms with E-state index in [1.165, 1.54) is 23.0 Å². The molecular formula is C17H16FN3O3. The minimum Gasteiger partial charge on any atom is -0.488 e. The highest BCUT2D eigenvalue weighted by Gasteiger charge is 2.12. The fourth-order valence-corrected chi connectivity index (χ4v) is 2.42. The van der Waals surface area contributed by atoms with Crippen molar-refractivity contribution in [1.29, 1.82) is 0 Å². The highest BCUT2D eigenvalue weighted by Crippen LogP contribution is 2.24. The van der Waals surface area contributed by atoms with Crippen LogP contribution in [0.4, 0.5) is 4.39 Å². The van der Waals surface area contributed by atoms with Crippen molar-refractivity contribution in [2.45, 2.75) is 13.5 Å². The second kappa shape index (κ2) is 6.76. The zero-order chi connectivity index (χ0) is 17.1. The predicted octanol–water partition coefficient (Wildman–Crippen LogP) is 1.99. The van der Waals surface area contributed by atoms with Crippen LogP contribution in [0.1, 0.15) is 6.92 Å². The number of ether oxygens (including phenoxy) is 1. The summed E-state index contributed by atoms with van der Waals surface area (Å²) in [7, 11) is 0. The first-order valence-corrected chi connectivity index (χ1v) is 7.52. The summed E-state index contributed by atoms with van der Waals surface area (Å²) in [5.41, 5.74) is -0.0148. The molecule has 0 spiro atoms. The SMILES string of the molecule is CCn1ccc2cc(-c3ncc(OCCO)cn3)c(F)cc2c1=O. The third-order valence-corrected chi connectivity index (χ3v) is 3.63. The van der Waals surface area contributed by atoms with Gasteiger partial charge < -0.3 is 14.4 Å². The molecule has 0 unspecified atom stereocenters. The number of hydrogen-bond acceptors (Lipinski definition) is 5. The molecule has 0 atom stereocenters. The molecule has 0 fully saturated rings. The van der Waals surface area contributed by atoms with Gasteiger partial charge in [0.15, 0.2) is 11.6 Å². The van der Waals surface area contributed by atoms with Gasteiger partial charge in [-0.25, -0.2) is 14.4 Å². The summed E-state index contributed by atoms with van der Waals surface area (Å²) in [4.78, 5) is 20.4. The molecule has 24 heavy (non-hydrogen) atoms. The molecule has 3 aromatic rings. The average Bonchev–Trinajstić information content (AvgIpc) is 2.61. The Bertz CT molecular complexity index is 923. The molecule has 2 aromatic heterocycles. The van der Waals surface area contributed by atoms with Gasteiger partial charge in [-0.05, 0) is 30.5 Å². The second-order valence-corrected chi connectivity index (χ2v) is 5.14. The van der Waals surface area contributed by atoms with E-state index in [4.69, 9.17) is 9.84 Å². The van der Waals surface area contributed by atoms with Gasteiger partial charge in [0, 0.05) is 12.7 Å². The normalized spacial score (nSPS) is 11.0. The maximum absolute atomic E-state index is 14.4. The van der Waals surface area contributed by atoms with Crippen LogP contribution in [0.2, 0.25) is 0 Å². The number of aliphatic hydroxyl groups is 1. The Balaban J connectivity index is 2.03. The summed E-state index contributed by atoms with van der Waals surface area (Å²) in [5.74, 6) is 0.0303. The van der Waals surface area contributed by atoms with Crippen molar-refractivity contribution in [2.75, 3.05) is 13.2 Å². The van der Waals surface area contributed by atoms with Crippen LogP contribution >= 0.6 is 0 Å². The van der Waals surface area contributed by atoms with E-state index < -0.39 is 5.82 Å². The maximum Gasteiger partial charge on any atom is 0.258 e. The van der Waals surface area contributed by atoms with Crippen LogP contribution in [-0.2, 0) is 6.54 Å². The molecule has 0 radical (unpaired) electrons. The summed E-state index contributed by atoms with van der Waals surface area (Å²) in [5, 5.41) is 9.67. The lowest BCUT2D eigenvalue weighted by atomic mass is 10.1. The Kier molecular flexibility index (Phi) is 4.52. The zero-order valence-corrected chi connectivity index (χ0v) is 13.1. The first-order valence-electron chi connectivity index (χ1n) is 7.52. The topological polar surface area (TPSA) is 77.2 Å². The smallest absolute Gasteiger partial charge is 0.258 e. The number of pyridine rings is 1. The van der Waals surface area contributed by atoms with Crippen LogP contribution in [0.15, 0.2) is 41.6 Å². The van der Waals surface area contributed by atoms with Crippen LogP contribution in [0.5, 0.6) is 5.75 Å². The summed E-state index contributed by atoms with van der Waals surface area (Å²) >= 11 is 0. The Hall–Kier alpha value is -2.80. The number of aromatic nitrogens is 3. The number of halogens is 1. The van der Waals surface area contributed by atoms with E-state index in [0.717, 1.165) is 0 Å². The number of fused-ring (bicyclic) bond motifs is 1. The van der Waals surface area contributed by atoms with Gasteiger partial charge >= 0.3 is 0 Å². The quantitative estimate of drug-likeness (QED) is 0.774. The molecule has 1 N–H and O–H groups in total. The Labute approximate surface area is 137 Å². The molecule has 6 nitrogen and oxygen atoms in total. The predicted molar refractivity (Wildman–Crippen MR) is 87.4 cm³/mol. The van der Waals surface area contributed by atoms with Crippen LogP contribution < -0.4 is 10.3 Å². The van der Waals surface area contributed by atoms with E-state index in [-0.39, 0.29) is 30.2 Å². The molecule has 3 rings (SSSR count). The summed E-state index contributed by atoms with van der Waals surface area (Å²) < 4.78 is 21.1. The largest absolute Gasteiger partial charge is 0.488 e. The highest BCUT2D eigenvalue weighted by molar-refractivity contribution is 5.85. The van der Waals surface area contributed by atoms with Gasteiger partial charge in [-0.1, -0.05) is 0 Å². The fraction of sp³-hybridized carbons (Fsp3) is 0.235. The lowest BCUT2D eigenvalue weighted by Crippen LogP contribution is -2.18. The second-order valence-electron chi connectivity index (χ2n) is 5.14. The molecule has 0 aliphatic heterocycles. The third kappa shape index (κ3) is 2.98. The molecular weight excluding hydrogens is 313 g/mol. The lowest BCUT2D eigenvalue weighted by Gasteiger charge is -2.08. The van der Waals surface area contributed by atoms with Gasteiger partial charge in [-0.15, -0.1) is 0 Å². The van der Waals surface area contributed by atoms with E-state index in [1.807, 2.05) is 6.92 Å². The molecule has 0 aliphatic carbocycles.